The fourth-order valence-corrected chi connectivity index (χ4v) is 11.6. The molecule has 10 atom stereocenters. The number of quaternary nitrogens is 2. The molecular weight excluding hydrogens is 641 g/mol. The number of aliphatic hydroxyl groups is 2. The van der Waals surface area contributed by atoms with E-state index in [1.807, 2.05) is 60.9 Å². The average Bonchev–Trinajstić information content (AvgIpc) is 3.20. The summed E-state index contributed by atoms with van der Waals surface area (Å²) in [4.78, 5) is 9.21. The van der Waals surface area contributed by atoms with E-state index in [2.05, 4.69) is 71.7 Å². The van der Waals surface area contributed by atoms with E-state index in [0.29, 0.717) is 23.9 Å². The summed E-state index contributed by atoms with van der Waals surface area (Å²) in [5, 5.41) is 26.8. The molecule has 0 radical (unpaired) electrons. The van der Waals surface area contributed by atoms with Gasteiger partial charge >= 0.3 is 0 Å². The maximum atomic E-state index is 12.3. The standard InChI is InChI=1S/C46H52N4O2/c1-3-35-25-31-18-22-49(35,43(27-31)45(51)39-16-20-47-41-14-7-5-12-37(39)41)29-33-10-9-11-34(24-33)30-50-23-19-32(26-36(50)4-2)28-44(50)46(52)40-17-21-48-42-15-8-6-13-38(40)42/h3-17,20-21,24,31-32,35-36,43-46,51-52H,1-2,18-19,22-23,25-30H2/q+2/t31?,32?,35?,36?,43-,44-,45+,46+,49?,50?/m0/s1. The van der Waals surface area contributed by atoms with E-state index in [1.54, 1.807) is 0 Å². The summed E-state index contributed by atoms with van der Waals surface area (Å²) in [5.41, 5.74) is 6.48. The molecule has 6 heteroatoms. The van der Waals surface area contributed by atoms with Crippen molar-refractivity contribution in [1.82, 2.24) is 9.97 Å². The van der Waals surface area contributed by atoms with Gasteiger partial charge in [0.05, 0.1) is 24.1 Å². The predicted molar refractivity (Wildman–Crippen MR) is 208 cm³/mol. The molecule has 6 unspecified atom stereocenters. The Morgan fingerprint density at radius 1 is 0.615 bits per heavy atom. The van der Waals surface area contributed by atoms with Gasteiger partial charge in [0.1, 0.15) is 49.5 Å². The molecule has 8 heterocycles. The van der Waals surface area contributed by atoms with Crippen molar-refractivity contribution in [1.29, 1.82) is 0 Å². The van der Waals surface area contributed by atoms with Crippen molar-refractivity contribution >= 4 is 21.8 Å². The van der Waals surface area contributed by atoms with Gasteiger partial charge in [-0.1, -0.05) is 67.8 Å². The molecule has 0 saturated carbocycles. The molecule has 6 nitrogen and oxygen atoms in total. The Morgan fingerprint density at radius 3 is 1.54 bits per heavy atom. The highest BCUT2D eigenvalue weighted by molar-refractivity contribution is 5.83. The largest absolute Gasteiger partial charge is 0.382 e. The lowest BCUT2D eigenvalue weighted by molar-refractivity contribution is -0.998. The van der Waals surface area contributed by atoms with Crippen molar-refractivity contribution in [2.45, 2.75) is 88.0 Å². The van der Waals surface area contributed by atoms with Crippen molar-refractivity contribution in [2.24, 2.45) is 11.8 Å². The minimum atomic E-state index is -0.588. The van der Waals surface area contributed by atoms with Crippen LogP contribution in [-0.2, 0) is 13.1 Å². The molecule has 0 aliphatic carbocycles. The Kier molecular flexibility index (Phi) is 8.62. The number of para-hydroxylation sites is 2. The molecule has 52 heavy (non-hydrogen) atoms. The number of hydrogen-bond acceptors (Lipinski definition) is 4. The quantitative estimate of drug-likeness (QED) is 0.114. The van der Waals surface area contributed by atoms with Crippen molar-refractivity contribution in [2.75, 3.05) is 13.1 Å². The summed E-state index contributed by atoms with van der Waals surface area (Å²) in [6, 6.07) is 30.5. The van der Waals surface area contributed by atoms with E-state index in [0.717, 1.165) is 93.8 Å². The lowest BCUT2D eigenvalue weighted by Gasteiger charge is -2.60. The molecule has 3 aromatic carbocycles. The Balaban J connectivity index is 1.06. The number of aliphatic hydroxyl groups excluding tert-OH is 2. The van der Waals surface area contributed by atoms with Crippen LogP contribution in [0.4, 0.5) is 0 Å². The van der Waals surface area contributed by atoms with Gasteiger partial charge in [-0.15, -0.1) is 0 Å². The van der Waals surface area contributed by atoms with Crippen LogP contribution < -0.4 is 0 Å². The van der Waals surface area contributed by atoms with Crippen molar-refractivity contribution in [3.05, 3.63) is 145 Å². The van der Waals surface area contributed by atoms with Crippen LogP contribution in [0.15, 0.2) is 123 Å². The summed E-state index contributed by atoms with van der Waals surface area (Å²) in [6.07, 6.45) is 13.6. The molecule has 11 rings (SSSR count). The SMILES string of the molecule is C=CC1CC2CC[N+]1(Cc1cccc(C[N+]34CCC(CC3C=C)C[C@H]4[C@H](O)c3ccnc4ccccc34)c1)[C@H]([C@H](O)c1ccnc3ccccc13)C2. The second kappa shape index (κ2) is 13.3. The van der Waals surface area contributed by atoms with Gasteiger partial charge < -0.3 is 19.2 Å². The molecular formula is C46H52N4O2+2. The van der Waals surface area contributed by atoms with Gasteiger partial charge in [0.25, 0.3) is 0 Å². The Bertz CT molecular complexity index is 1980. The Morgan fingerprint density at radius 2 is 1.08 bits per heavy atom. The van der Waals surface area contributed by atoms with Gasteiger partial charge in [-0.2, -0.15) is 0 Å². The first kappa shape index (κ1) is 33.6. The van der Waals surface area contributed by atoms with E-state index in [4.69, 9.17) is 0 Å². The van der Waals surface area contributed by atoms with Crippen molar-refractivity contribution < 1.29 is 19.2 Å². The van der Waals surface area contributed by atoms with Gasteiger partial charge in [0, 0.05) is 60.0 Å². The number of piperidine rings is 6. The third kappa shape index (κ3) is 5.46. The predicted octanol–water partition coefficient (Wildman–Crippen LogP) is 8.36. The molecule has 0 amide bonds. The molecule has 6 aliphatic heterocycles. The zero-order chi connectivity index (χ0) is 35.5. The maximum absolute atomic E-state index is 12.3. The van der Waals surface area contributed by atoms with E-state index in [1.165, 1.54) is 24.0 Å². The minimum Gasteiger partial charge on any atom is -0.382 e. The zero-order valence-corrected chi connectivity index (χ0v) is 30.2. The number of aromatic nitrogens is 2. The Labute approximate surface area is 308 Å². The first-order valence-electron chi connectivity index (χ1n) is 19.5. The second-order valence-corrected chi connectivity index (χ2v) is 16.5. The van der Waals surface area contributed by atoms with Crippen LogP contribution in [0.25, 0.3) is 21.8 Å². The van der Waals surface area contributed by atoms with Gasteiger partial charge in [-0.25, -0.2) is 0 Å². The molecule has 2 N–H and O–H groups in total. The average molecular weight is 693 g/mol. The highest BCUT2D eigenvalue weighted by Crippen LogP contribution is 2.51. The van der Waals surface area contributed by atoms with E-state index >= 15 is 0 Å². The summed E-state index contributed by atoms with van der Waals surface area (Å²) in [7, 11) is 0. The molecule has 5 aromatic rings. The summed E-state index contributed by atoms with van der Waals surface area (Å²) >= 11 is 0. The Hall–Kier alpha value is -4.20. The number of benzene rings is 3. The van der Waals surface area contributed by atoms with Crippen LogP contribution >= 0.6 is 0 Å². The second-order valence-electron chi connectivity index (χ2n) is 16.5. The number of hydrogen-bond donors (Lipinski definition) is 2. The summed E-state index contributed by atoms with van der Waals surface area (Å²) in [6.45, 7) is 12.6. The number of fused-ring (bicyclic) bond motifs is 8. The first-order chi connectivity index (χ1) is 25.4. The zero-order valence-electron chi connectivity index (χ0n) is 30.2. The third-order valence-electron chi connectivity index (χ3n) is 14.1. The highest BCUT2D eigenvalue weighted by atomic mass is 16.3. The first-order valence-corrected chi connectivity index (χ1v) is 19.5. The monoisotopic (exact) mass is 692 g/mol. The molecule has 6 fully saturated rings. The molecule has 4 bridgehead atoms. The van der Waals surface area contributed by atoms with Gasteiger partial charge in [0.15, 0.2) is 0 Å². The molecule has 2 aromatic heterocycles. The van der Waals surface area contributed by atoms with Crippen LogP contribution in [-0.4, -0.2) is 66.4 Å². The number of rotatable bonds is 10. The van der Waals surface area contributed by atoms with E-state index in [9.17, 15) is 10.2 Å². The van der Waals surface area contributed by atoms with Gasteiger partial charge in [-0.3, -0.25) is 9.97 Å². The van der Waals surface area contributed by atoms with Crippen LogP contribution in [0.3, 0.4) is 0 Å². The third-order valence-corrected chi connectivity index (χ3v) is 14.1. The smallest absolute Gasteiger partial charge is 0.131 e. The maximum Gasteiger partial charge on any atom is 0.131 e. The fourth-order valence-electron chi connectivity index (χ4n) is 11.6. The normalized spacial score (nSPS) is 32.1. The molecule has 0 spiro atoms. The summed E-state index contributed by atoms with van der Waals surface area (Å²) in [5.74, 6) is 1.22. The lowest BCUT2D eigenvalue weighted by Crippen LogP contribution is -2.69. The minimum absolute atomic E-state index is 0.0767. The molecule has 266 valence electrons. The van der Waals surface area contributed by atoms with Crippen LogP contribution in [0, 0.1) is 11.8 Å². The molecule has 6 saturated heterocycles. The number of nitrogens with zero attached hydrogens (tertiary/aromatic N) is 4. The van der Waals surface area contributed by atoms with Crippen molar-refractivity contribution in [3.8, 4) is 0 Å². The topological polar surface area (TPSA) is 66.2 Å². The van der Waals surface area contributed by atoms with Gasteiger partial charge in [0.2, 0.25) is 0 Å². The molecule has 6 aliphatic rings. The van der Waals surface area contributed by atoms with Crippen molar-refractivity contribution in [3.63, 3.8) is 0 Å². The lowest BCUT2D eigenvalue weighted by atomic mass is 9.72. The van der Waals surface area contributed by atoms with Crippen LogP contribution in [0.5, 0.6) is 0 Å². The highest BCUT2D eigenvalue weighted by Gasteiger charge is 2.57. The summed E-state index contributed by atoms with van der Waals surface area (Å²) < 4.78 is 1.68. The number of pyridine rings is 2. The van der Waals surface area contributed by atoms with Crippen LogP contribution in [0.1, 0.15) is 73.0 Å². The fraction of sp³-hybridized carbons (Fsp3) is 0.391. The van der Waals surface area contributed by atoms with Gasteiger partial charge in [-0.05, 0) is 78.3 Å². The van der Waals surface area contributed by atoms with E-state index in [-0.39, 0.29) is 12.1 Å². The van der Waals surface area contributed by atoms with E-state index < -0.39 is 12.2 Å². The van der Waals surface area contributed by atoms with Crippen LogP contribution in [0.2, 0.25) is 0 Å².